The van der Waals surface area contributed by atoms with Crippen LogP contribution in [0, 0.1) is 11.8 Å². The summed E-state index contributed by atoms with van der Waals surface area (Å²) in [5.74, 6) is 0.529. The van der Waals surface area contributed by atoms with Crippen LogP contribution in [0.4, 0.5) is 6.01 Å². The molecule has 9 nitrogen and oxygen atoms in total. The molecular weight excluding hydrogens is 408 g/mol. The number of aromatic nitrogens is 2. The third-order valence-corrected chi connectivity index (χ3v) is 7.30. The van der Waals surface area contributed by atoms with Gasteiger partial charge in [0.2, 0.25) is 15.9 Å². The summed E-state index contributed by atoms with van der Waals surface area (Å²) in [4.78, 5) is 12.6. The second-order valence-electron chi connectivity index (χ2n) is 8.19. The minimum absolute atomic E-state index is 0.0153. The van der Waals surface area contributed by atoms with E-state index in [4.69, 9.17) is 9.15 Å². The number of anilines is 1. The van der Waals surface area contributed by atoms with Crippen LogP contribution in [-0.4, -0.2) is 48.5 Å². The van der Waals surface area contributed by atoms with Crippen molar-refractivity contribution in [1.82, 2.24) is 14.5 Å². The predicted octanol–water partition coefficient (Wildman–Crippen LogP) is 2.84. The number of carbonyl (C=O) groups is 1. The zero-order valence-electron chi connectivity index (χ0n) is 17.1. The molecule has 3 heterocycles. The largest absolute Gasteiger partial charge is 0.405 e. The summed E-state index contributed by atoms with van der Waals surface area (Å²) in [6.45, 7) is 5.80. The van der Waals surface area contributed by atoms with Gasteiger partial charge >= 0.3 is 6.01 Å². The summed E-state index contributed by atoms with van der Waals surface area (Å²) in [5, 5.41) is 10.3. The summed E-state index contributed by atoms with van der Waals surface area (Å²) < 4.78 is 38.4. The fourth-order valence-corrected chi connectivity index (χ4v) is 5.77. The molecule has 1 N–H and O–H groups in total. The number of hydrogen-bond donors (Lipinski definition) is 1. The molecule has 2 aliphatic rings. The van der Waals surface area contributed by atoms with E-state index in [0.29, 0.717) is 43.0 Å². The van der Waals surface area contributed by atoms with E-state index >= 15 is 0 Å². The van der Waals surface area contributed by atoms with Crippen molar-refractivity contribution in [2.24, 2.45) is 11.8 Å². The zero-order chi connectivity index (χ0) is 21.3. The van der Waals surface area contributed by atoms with Crippen molar-refractivity contribution >= 4 is 21.9 Å². The van der Waals surface area contributed by atoms with Crippen molar-refractivity contribution in [2.75, 3.05) is 25.0 Å². The number of piperidine rings is 1. The average molecular weight is 435 g/mol. The van der Waals surface area contributed by atoms with Crippen LogP contribution in [0.15, 0.2) is 33.6 Å². The number of nitrogens with one attached hydrogen (secondary N) is 1. The first-order valence-electron chi connectivity index (χ1n) is 10.2. The summed E-state index contributed by atoms with van der Waals surface area (Å²) in [6, 6.07) is 5.87. The highest BCUT2D eigenvalue weighted by molar-refractivity contribution is 7.89. The maximum atomic E-state index is 13.0. The Morgan fingerprint density at radius 2 is 1.83 bits per heavy atom. The van der Waals surface area contributed by atoms with Crippen LogP contribution in [0.1, 0.15) is 55.5 Å². The summed E-state index contributed by atoms with van der Waals surface area (Å²) in [6.07, 6.45) is 2.53. The summed E-state index contributed by atoms with van der Waals surface area (Å²) in [7, 11) is -3.59. The van der Waals surface area contributed by atoms with E-state index in [-0.39, 0.29) is 17.0 Å². The first kappa shape index (κ1) is 21.0. The number of nitrogens with zero attached hydrogens (tertiary/aromatic N) is 3. The molecule has 10 heteroatoms. The van der Waals surface area contributed by atoms with Crippen LogP contribution in [-0.2, 0) is 14.8 Å². The molecule has 0 unspecified atom stereocenters. The molecule has 0 radical (unpaired) electrons. The number of amides is 1. The number of benzene rings is 1. The lowest BCUT2D eigenvalue weighted by Crippen LogP contribution is -2.42. The lowest BCUT2D eigenvalue weighted by molar-refractivity contribution is 0.0893. The molecule has 3 atom stereocenters. The van der Waals surface area contributed by atoms with Crippen molar-refractivity contribution < 1.29 is 22.4 Å². The Hall–Kier alpha value is -2.30. The van der Waals surface area contributed by atoms with Crippen molar-refractivity contribution in [1.29, 1.82) is 0 Å². The van der Waals surface area contributed by atoms with Crippen LogP contribution in [0.25, 0.3) is 0 Å². The molecule has 2 saturated heterocycles. The van der Waals surface area contributed by atoms with Crippen molar-refractivity contribution in [3.63, 3.8) is 0 Å². The van der Waals surface area contributed by atoms with Gasteiger partial charge in [-0.05, 0) is 55.4 Å². The fourth-order valence-electron chi connectivity index (χ4n) is 4.09. The van der Waals surface area contributed by atoms with Gasteiger partial charge < -0.3 is 9.15 Å². The van der Waals surface area contributed by atoms with Crippen LogP contribution in [0.3, 0.4) is 0 Å². The highest BCUT2D eigenvalue weighted by Gasteiger charge is 2.31. The molecule has 2 fully saturated rings. The van der Waals surface area contributed by atoms with Gasteiger partial charge in [0.05, 0.1) is 4.90 Å². The maximum absolute atomic E-state index is 13.0. The number of sulfonamides is 1. The van der Waals surface area contributed by atoms with Gasteiger partial charge in [0, 0.05) is 25.3 Å². The standard InChI is InChI=1S/C20H26N4O5S/c1-13-10-14(2)12-24(11-13)30(26,27)16-7-5-15(6-8-16)18(25)21-20-23-22-19(29-20)17-4-3-9-28-17/h5-8,13-14,17H,3-4,9-12H2,1-2H3,(H,21,23,25)/t13-,14+,17-/m0/s1. The van der Waals surface area contributed by atoms with Gasteiger partial charge in [-0.1, -0.05) is 18.9 Å². The van der Waals surface area contributed by atoms with E-state index in [1.54, 1.807) is 0 Å². The molecule has 2 aromatic rings. The van der Waals surface area contributed by atoms with Crippen LogP contribution in [0.2, 0.25) is 0 Å². The lowest BCUT2D eigenvalue weighted by Gasteiger charge is -2.34. The second-order valence-corrected chi connectivity index (χ2v) is 10.1. The zero-order valence-corrected chi connectivity index (χ0v) is 17.9. The number of rotatable bonds is 5. The minimum atomic E-state index is -3.59. The van der Waals surface area contributed by atoms with E-state index in [1.807, 2.05) is 0 Å². The monoisotopic (exact) mass is 434 g/mol. The van der Waals surface area contributed by atoms with Crippen LogP contribution < -0.4 is 5.32 Å². The van der Waals surface area contributed by atoms with Gasteiger partial charge in [0.1, 0.15) is 6.10 Å². The van der Waals surface area contributed by atoms with Crippen molar-refractivity contribution in [3.8, 4) is 0 Å². The lowest BCUT2D eigenvalue weighted by atomic mass is 9.94. The van der Waals surface area contributed by atoms with Gasteiger partial charge in [-0.2, -0.15) is 4.31 Å². The van der Waals surface area contributed by atoms with E-state index in [0.717, 1.165) is 19.3 Å². The first-order chi connectivity index (χ1) is 14.3. The minimum Gasteiger partial charge on any atom is -0.405 e. The van der Waals surface area contributed by atoms with Crippen LogP contribution in [0.5, 0.6) is 0 Å². The fraction of sp³-hybridized carbons (Fsp3) is 0.550. The highest BCUT2D eigenvalue weighted by Crippen LogP contribution is 2.29. The number of carbonyl (C=O) groups excluding carboxylic acids is 1. The topological polar surface area (TPSA) is 115 Å². The van der Waals surface area contributed by atoms with E-state index < -0.39 is 15.9 Å². The predicted molar refractivity (Wildman–Crippen MR) is 108 cm³/mol. The van der Waals surface area contributed by atoms with E-state index in [1.165, 1.54) is 28.6 Å². The molecular formula is C20H26N4O5S. The Morgan fingerprint density at radius 1 is 1.13 bits per heavy atom. The van der Waals surface area contributed by atoms with Gasteiger partial charge in [-0.25, -0.2) is 8.42 Å². The van der Waals surface area contributed by atoms with Gasteiger partial charge in [0.25, 0.3) is 5.91 Å². The Bertz CT molecular complexity index is 988. The Kier molecular flexibility index (Phi) is 5.90. The van der Waals surface area contributed by atoms with Crippen molar-refractivity contribution in [3.05, 3.63) is 35.7 Å². The Morgan fingerprint density at radius 3 is 2.47 bits per heavy atom. The van der Waals surface area contributed by atoms with Crippen LogP contribution >= 0.6 is 0 Å². The summed E-state index contributed by atoms with van der Waals surface area (Å²) in [5.41, 5.74) is 0.297. The highest BCUT2D eigenvalue weighted by atomic mass is 32.2. The number of ether oxygens (including phenoxy) is 1. The Labute approximate surface area is 175 Å². The second kappa shape index (κ2) is 8.44. The molecule has 1 aromatic carbocycles. The molecule has 1 aromatic heterocycles. The third-order valence-electron chi connectivity index (χ3n) is 5.46. The smallest absolute Gasteiger partial charge is 0.322 e. The quantitative estimate of drug-likeness (QED) is 0.769. The SMILES string of the molecule is C[C@@H]1C[C@H](C)CN(S(=O)(=O)c2ccc(C(=O)Nc3nnc([C@@H]4CCCO4)o3)cc2)C1. The summed E-state index contributed by atoms with van der Waals surface area (Å²) >= 11 is 0. The average Bonchev–Trinajstić information content (AvgIpc) is 3.39. The first-order valence-corrected chi connectivity index (χ1v) is 11.6. The maximum Gasteiger partial charge on any atom is 0.322 e. The van der Waals surface area contributed by atoms with Crippen molar-refractivity contribution in [2.45, 2.75) is 44.1 Å². The normalized spacial score (nSPS) is 25.3. The molecule has 162 valence electrons. The molecule has 0 saturated carbocycles. The van der Waals surface area contributed by atoms with Gasteiger partial charge in [-0.3, -0.25) is 10.1 Å². The molecule has 1 amide bonds. The molecule has 0 aliphatic carbocycles. The van der Waals surface area contributed by atoms with E-state index in [2.05, 4.69) is 29.4 Å². The number of hydrogen-bond acceptors (Lipinski definition) is 7. The molecule has 0 spiro atoms. The third kappa shape index (κ3) is 4.40. The molecule has 0 bridgehead atoms. The van der Waals surface area contributed by atoms with E-state index in [9.17, 15) is 13.2 Å². The van der Waals surface area contributed by atoms with Gasteiger partial charge in [0.15, 0.2) is 0 Å². The Balaban J connectivity index is 1.43. The molecule has 30 heavy (non-hydrogen) atoms. The van der Waals surface area contributed by atoms with Gasteiger partial charge in [-0.15, -0.1) is 5.10 Å². The molecule has 2 aliphatic heterocycles. The molecule has 4 rings (SSSR count).